The number of hydrogen-bond donors (Lipinski definition) is 2. The monoisotopic (exact) mass is 249 g/mol. The highest BCUT2D eigenvalue weighted by atomic mass is 15.3. The molecule has 0 bridgehead atoms. The van der Waals surface area contributed by atoms with E-state index in [0.717, 1.165) is 30.2 Å². The van der Waals surface area contributed by atoms with Crippen LogP contribution < -0.4 is 16.2 Å². The van der Waals surface area contributed by atoms with Gasteiger partial charge >= 0.3 is 0 Å². The van der Waals surface area contributed by atoms with Crippen molar-refractivity contribution in [2.24, 2.45) is 5.84 Å². The molecule has 18 heavy (non-hydrogen) atoms. The van der Waals surface area contributed by atoms with Gasteiger partial charge in [-0.05, 0) is 25.7 Å². The summed E-state index contributed by atoms with van der Waals surface area (Å²) in [4.78, 5) is 11.1. The maximum absolute atomic E-state index is 5.53. The van der Waals surface area contributed by atoms with Gasteiger partial charge in [0.05, 0.1) is 0 Å². The van der Waals surface area contributed by atoms with Gasteiger partial charge in [-0.3, -0.25) is 0 Å². The van der Waals surface area contributed by atoms with E-state index >= 15 is 0 Å². The Labute approximate surface area is 109 Å². The standard InChI is InChI=1S/C13H23N5/c1-3-5-8-18(10-6-7-10)13-11(4-2)12(17-14)15-9-16-13/h9-10H,3-8,14H2,1-2H3,(H,15,16,17). The second-order valence-corrected chi connectivity index (χ2v) is 4.80. The topological polar surface area (TPSA) is 67.1 Å². The summed E-state index contributed by atoms with van der Waals surface area (Å²) in [6, 6.07) is 0.669. The number of hydrazine groups is 1. The number of nitrogen functional groups attached to an aromatic ring is 1. The van der Waals surface area contributed by atoms with Crippen LogP contribution in [-0.2, 0) is 6.42 Å². The average Bonchev–Trinajstić information content (AvgIpc) is 3.23. The number of rotatable bonds is 7. The van der Waals surface area contributed by atoms with Crippen LogP contribution in [0.2, 0.25) is 0 Å². The molecule has 1 aliphatic carbocycles. The molecule has 0 aliphatic heterocycles. The van der Waals surface area contributed by atoms with Gasteiger partial charge in [-0.15, -0.1) is 0 Å². The zero-order chi connectivity index (χ0) is 13.0. The zero-order valence-electron chi connectivity index (χ0n) is 11.3. The van der Waals surface area contributed by atoms with Crippen LogP contribution in [0.4, 0.5) is 11.6 Å². The minimum Gasteiger partial charge on any atom is -0.353 e. The summed E-state index contributed by atoms with van der Waals surface area (Å²) >= 11 is 0. The summed E-state index contributed by atoms with van der Waals surface area (Å²) < 4.78 is 0. The fraction of sp³-hybridized carbons (Fsp3) is 0.692. The van der Waals surface area contributed by atoms with Crippen LogP contribution in [0.1, 0.15) is 45.1 Å². The summed E-state index contributed by atoms with van der Waals surface area (Å²) in [5.41, 5.74) is 3.81. The predicted octanol–water partition coefficient (Wildman–Crippen LogP) is 2.09. The molecule has 0 unspecified atom stereocenters. The summed E-state index contributed by atoms with van der Waals surface area (Å²) in [6.07, 6.45) is 7.47. The van der Waals surface area contributed by atoms with Crippen LogP contribution in [0, 0.1) is 0 Å². The van der Waals surface area contributed by atoms with Crippen molar-refractivity contribution in [3.05, 3.63) is 11.9 Å². The lowest BCUT2D eigenvalue weighted by Gasteiger charge is -2.26. The lowest BCUT2D eigenvalue weighted by atomic mass is 10.2. The van der Waals surface area contributed by atoms with E-state index in [0.29, 0.717) is 6.04 Å². The first-order valence-corrected chi connectivity index (χ1v) is 6.88. The Morgan fingerprint density at radius 1 is 1.39 bits per heavy atom. The fourth-order valence-electron chi connectivity index (χ4n) is 2.28. The van der Waals surface area contributed by atoms with E-state index in [2.05, 4.69) is 34.1 Å². The molecule has 0 saturated heterocycles. The largest absolute Gasteiger partial charge is 0.353 e. The molecular formula is C13H23N5. The molecule has 0 amide bonds. The van der Waals surface area contributed by atoms with E-state index in [4.69, 9.17) is 5.84 Å². The van der Waals surface area contributed by atoms with Gasteiger partial charge in [-0.1, -0.05) is 20.3 Å². The second-order valence-electron chi connectivity index (χ2n) is 4.80. The zero-order valence-corrected chi connectivity index (χ0v) is 11.3. The molecule has 2 rings (SSSR count). The molecule has 1 saturated carbocycles. The van der Waals surface area contributed by atoms with Crippen molar-refractivity contribution in [2.75, 3.05) is 16.9 Å². The van der Waals surface area contributed by atoms with Gasteiger partial charge in [0.1, 0.15) is 18.0 Å². The van der Waals surface area contributed by atoms with Gasteiger partial charge in [0.25, 0.3) is 0 Å². The molecule has 1 aliphatic rings. The van der Waals surface area contributed by atoms with Crippen LogP contribution in [-0.4, -0.2) is 22.6 Å². The van der Waals surface area contributed by atoms with Crippen LogP contribution in [0.3, 0.4) is 0 Å². The van der Waals surface area contributed by atoms with E-state index in [9.17, 15) is 0 Å². The summed E-state index contributed by atoms with van der Waals surface area (Å²) in [7, 11) is 0. The summed E-state index contributed by atoms with van der Waals surface area (Å²) in [6.45, 7) is 5.42. The van der Waals surface area contributed by atoms with Gasteiger partial charge in [0.15, 0.2) is 0 Å². The van der Waals surface area contributed by atoms with E-state index in [1.165, 1.54) is 25.7 Å². The van der Waals surface area contributed by atoms with Crippen LogP contribution in [0.25, 0.3) is 0 Å². The van der Waals surface area contributed by atoms with Crippen molar-refractivity contribution in [3.8, 4) is 0 Å². The Kier molecular flexibility index (Phi) is 4.36. The van der Waals surface area contributed by atoms with Crippen molar-refractivity contribution in [3.63, 3.8) is 0 Å². The van der Waals surface area contributed by atoms with Gasteiger partial charge in [-0.2, -0.15) is 0 Å². The molecule has 1 fully saturated rings. The Balaban J connectivity index is 2.28. The number of hydrogen-bond acceptors (Lipinski definition) is 5. The average molecular weight is 249 g/mol. The minimum atomic E-state index is 0.669. The molecule has 0 atom stereocenters. The molecule has 1 aromatic rings. The fourth-order valence-corrected chi connectivity index (χ4v) is 2.28. The second kappa shape index (κ2) is 6.00. The van der Waals surface area contributed by atoms with E-state index in [1.807, 2.05) is 0 Å². The van der Waals surface area contributed by atoms with Crippen LogP contribution in [0.15, 0.2) is 6.33 Å². The number of anilines is 2. The molecule has 0 spiro atoms. The normalized spacial score (nSPS) is 14.6. The predicted molar refractivity (Wildman–Crippen MR) is 74.5 cm³/mol. The third kappa shape index (κ3) is 2.72. The highest BCUT2D eigenvalue weighted by Gasteiger charge is 2.31. The Bertz CT molecular complexity index is 389. The first-order valence-electron chi connectivity index (χ1n) is 6.88. The maximum atomic E-state index is 5.53. The van der Waals surface area contributed by atoms with Crippen LogP contribution in [0.5, 0.6) is 0 Å². The molecular weight excluding hydrogens is 226 g/mol. The summed E-state index contributed by atoms with van der Waals surface area (Å²) in [5, 5.41) is 0. The molecule has 0 radical (unpaired) electrons. The number of nitrogens with one attached hydrogen (secondary N) is 1. The highest BCUT2D eigenvalue weighted by Crippen LogP contribution is 2.34. The number of nitrogens with zero attached hydrogens (tertiary/aromatic N) is 3. The van der Waals surface area contributed by atoms with Crippen molar-refractivity contribution in [1.82, 2.24) is 9.97 Å². The van der Waals surface area contributed by atoms with Crippen molar-refractivity contribution in [1.29, 1.82) is 0 Å². The number of aromatic nitrogens is 2. The summed E-state index contributed by atoms with van der Waals surface area (Å²) in [5.74, 6) is 7.35. The third-order valence-corrected chi connectivity index (χ3v) is 3.43. The third-order valence-electron chi connectivity index (χ3n) is 3.43. The van der Waals surface area contributed by atoms with Gasteiger partial charge in [0.2, 0.25) is 0 Å². The Hall–Kier alpha value is -1.36. The van der Waals surface area contributed by atoms with E-state index < -0.39 is 0 Å². The Morgan fingerprint density at radius 2 is 2.17 bits per heavy atom. The Morgan fingerprint density at radius 3 is 2.72 bits per heavy atom. The smallest absolute Gasteiger partial charge is 0.148 e. The van der Waals surface area contributed by atoms with Gasteiger partial charge in [0, 0.05) is 18.2 Å². The van der Waals surface area contributed by atoms with Crippen LogP contribution >= 0.6 is 0 Å². The van der Waals surface area contributed by atoms with Gasteiger partial charge < -0.3 is 10.3 Å². The first-order chi connectivity index (χ1) is 8.81. The maximum Gasteiger partial charge on any atom is 0.148 e. The lowest BCUT2D eigenvalue weighted by molar-refractivity contribution is 0.699. The first kappa shape index (κ1) is 13.1. The number of unbranched alkanes of at least 4 members (excludes halogenated alkanes) is 1. The molecule has 1 aromatic heterocycles. The molecule has 1 heterocycles. The van der Waals surface area contributed by atoms with Crippen molar-refractivity contribution < 1.29 is 0 Å². The SMILES string of the molecule is CCCCN(c1ncnc(NN)c1CC)C1CC1. The van der Waals surface area contributed by atoms with E-state index in [-0.39, 0.29) is 0 Å². The lowest BCUT2D eigenvalue weighted by Crippen LogP contribution is -2.29. The molecule has 5 nitrogen and oxygen atoms in total. The molecule has 5 heteroatoms. The van der Waals surface area contributed by atoms with Crippen molar-refractivity contribution >= 4 is 11.6 Å². The number of nitrogens with two attached hydrogens (primary N) is 1. The molecule has 0 aromatic carbocycles. The minimum absolute atomic E-state index is 0.669. The van der Waals surface area contributed by atoms with Crippen molar-refractivity contribution in [2.45, 2.75) is 52.0 Å². The highest BCUT2D eigenvalue weighted by molar-refractivity contribution is 5.59. The quantitative estimate of drug-likeness (QED) is 0.572. The molecule has 3 N–H and O–H groups in total. The van der Waals surface area contributed by atoms with E-state index in [1.54, 1.807) is 6.33 Å². The van der Waals surface area contributed by atoms with Gasteiger partial charge in [-0.25, -0.2) is 15.8 Å². The molecule has 100 valence electrons.